The molecule has 1 aromatic carbocycles. The highest BCUT2D eigenvalue weighted by Gasteiger charge is 2.41. The molecule has 1 aliphatic heterocycles. The summed E-state index contributed by atoms with van der Waals surface area (Å²) in [7, 11) is 0. The number of carboxylic acid groups (broad SMARTS) is 1. The zero-order valence-corrected chi connectivity index (χ0v) is 13.1. The lowest BCUT2D eigenvalue weighted by atomic mass is 9.71. The van der Waals surface area contributed by atoms with Gasteiger partial charge in [0.2, 0.25) is 0 Å². The maximum atomic E-state index is 12.2. The number of amides is 1. The number of likely N-dealkylation sites (tertiary alicyclic amines) is 1. The third-order valence-corrected chi connectivity index (χ3v) is 4.50. The van der Waals surface area contributed by atoms with Crippen LogP contribution < -0.4 is 5.11 Å². The fourth-order valence-electron chi connectivity index (χ4n) is 2.92. The van der Waals surface area contributed by atoms with Crippen molar-refractivity contribution >= 4 is 12.1 Å². The van der Waals surface area contributed by atoms with Crippen LogP contribution in [0.3, 0.4) is 0 Å². The van der Waals surface area contributed by atoms with E-state index in [0.717, 1.165) is 5.56 Å². The molecule has 1 unspecified atom stereocenters. The Morgan fingerprint density at radius 1 is 1.32 bits per heavy atom. The molecule has 1 amide bonds. The second-order valence-electron chi connectivity index (χ2n) is 6.16. The molecule has 0 aliphatic carbocycles. The minimum atomic E-state index is -1.08. The molecule has 1 aromatic rings. The molecule has 0 radical (unpaired) electrons. The van der Waals surface area contributed by atoms with Crippen LogP contribution in [0.1, 0.15) is 32.3 Å². The SMILES string of the molecule is CC(C)C1(C(=O)[O-])CCCN(C(=O)OCc2ccccc2)C1. The Kier molecular flexibility index (Phi) is 5.06. The normalized spacial score (nSPS) is 21.7. The molecule has 1 aliphatic rings. The average molecular weight is 304 g/mol. The molecule has 1 heterocycles. The van der Waals surface area contributed by atoms with E-state index in [1.165, 1.54) is 4.90 Å². The van der Waals surface area contributed by atoms with Crippen LogP contribution in [-0.4, -0.2) is 30.1 Å². The van der Waals surface area contributed by atoms with Gasteiger partial charge in [-0.1, -0.05) is 44.2 Å². The Labute approximate surface area is 130 Å². The molecule has 5 nitrogen and oxygen atoms in total. The average Bonchev–Trinajstić information content (AvgIpc) is 2.53. The van der Waals surface area contributed by atoms with Crippen LogP contribution in [0, 0.1) is 11.3 Å². The molecule has 1 atom stereocenters. The van der Waals surface area contributed by atoms with E-state index in [2.05, 4.69) is 0 Å². The summed E-state index contributed by atoms with van der Waals surface area (Å²) in [6.45, 7) is 4.58. The van der Waals surface area contributed by atoms with Gasteiger partial charge < -0.3 is 19.5 Å². The van der Waals surface area contributed by atoms with Gasteiger partial charge in [0.25, 0.3) is 0 Å². The van der Waals surface area contributed by atoms with Gasteiger partial charge in [-0.2, -0.15) is 0 Å². The lowest BCUT2D eigenvalue weighted by Crippen LogP contribution is -2.56. The van der Waals surface area contributed by atoms with Crippen molar-refractivity contribution in [2.45, 2.75) is 33.3 Å². The highest BCUT2D eigenvalue weighted by atomic mass is 16.6. The van der Waals surface area contributed by atoms with Crippen LogP contribution in [0.5, 0.6) is 0 Å². The van der Waals surface area contributed by atoms with Crippen LogP contribution >= 0.6 is 0 Å². The van der Waals surface area contributed by atoms with Crippen LogP contribution in [0.25, 0.3) is 0 Å². The smallest absolute Gasteiger partial charge is 0.410 e. The van der Waals surface area contributed by atoms with Gasteiger partial charge in [-0.15, -0.1) is 0 Å². The topological polar surface area (TPSA) is 69.7 Å². The first kappa shape index (κ1) is 16.3. The summed E-state index contributed by atoms with van der Waals surface area (Å²) in [6.07, 6.45) is 0.719. The van der Waals surface area contributed by atoms with Crippen molar-refractivity contribution in [1.82, 2.24) is 4.90 Å². The number of carbonyl (C=O) groups is 2. The highest BCUT2D eigenvalue weighted by molar-refractivity contribution is 5.75. The van der Waals surface area contributed by atoms with Gasteiger partial charge in [-0.25, -0.2) is 4.79 Å². The lowest BCUT2D eigenvalue weighted by molar-refractivity contribution is -0.323. The van der Waals surface area contributed by atoms with Gasteiger partial charge in [0.1, 0.15) is 6.61 Å². The number of rotatable bonds is 4. The molecule has 0 bridgehead atoms. The van der Waals surface area contributed by atoms with Gasteiger partial charge in [-0.3, -0.25) is 0 Å². The van der Waals surface area contributed by atoms with Crippen molar-refractivity contribution in [2.75, 3.05) is 13.1 Å². The molecule has 120 valence electrons. The Hall–Kier alpha value is -2.04. The molecular formula is C17H22NO4-. The van der Waals surface area contributed by atoms with Gasteiger partial charge in [0.05, 0.1) is 0 Å². The van der Waals surface area contributed by atoms with Gasteiger partial charge >= 0.3 is 6.09 Å². The van der Waals surface area contributed by atoms with Crippen molar-refractivity contribution in [3.05, 3.63) is 35.9 Å². The number of carboxylic acids is 1. The number of hydrogen-bond acceptors (Lipinski definition) is 4. The van der Waals surface area contributed by atoms with Crippen molar-refractivity contribution < 1.29 is 19.4 Å². The van der Waals surface area contributed by atoms with E-state index in [4.69, 9.17) is 4.74 Å². The predicted molar refractivity (Wildman–Crippen MR) is 79.7 cm³/mol. The van der Waals surface area contributed by atoms with Crippen molar-refractivity contribution in [3.63, 3.8) is 0 Å². The summed E-state index contributed by atoms with van der Waals surface area (Å²) in [6, 6.07) is 9.41. The summed E-state index contributed by atoms with van der Waals surface area (Å²) in [5, 5.41) is 11.6. The minimum Gasteiger partial charge on any atom is -0.549 e. The highest BCUT2D eigenvalue weighted by Crippen LogP contribution is 2.37. The molecule has 22 heavy (non-hydrogen) atoms. The number of aliphatic carboxylic acids is 1. The van der Waals surface area contributed by atoms with E-state index in [1.54, 1.807) is 0 Å². The van der Waals surface area contributed by atoms with Crippen molar-refractivity contribution in [1.29, 1.82) is 0 Å². The van der Waals surface area contributed by atoms with Crippen LogP contribution in [0.4, 0.5) is 4.79 Å². The Morgan fingerprint density at radius 2 is 2.00 bits per heavy atom. The molecule has 0 saturated carbocycles. The van der Waals surface area contributed by atoms with E-state index in [-0.39, 0.29) is 19.1 Å². The molecule has 1 saturated heterocycles. The zero-order chi connectivity index (χ0) is 16.2. The summed E-state index contributed by atoms with van der Waals surface area (Å²) in [5.41, 5.74) is -0.0767. The standard InChI is InChI=1S/C17H23NO4/c1-13(2)17(15(19)20)9-6-10-18(12-17)16(21)22-11-14-7-4-3-5-8-14/h3-5,7-8,13H,6,9-12H2,1-2H3,(H,19,20)/p-1. The molecule has 5 heteroatoms. The second kappa shape index (κ2) is 6.81. The Balaban J connectivity index is 1.99. The third-order valence-electron chi connectivity index (χ3n) is 4.50. The monoisotopic (exact) mass is 304 g/mol. The van der Waals surface area contributed by atoms with Crippen LogP contribution in [-0.2, 0) is 16.1 Å². The summed E-state index contributed by atoms with van der Waals surface area (Å²) < 4.78 is 5.29. The molecule has 2 rings (SSSR count). The van der Waals surface area contributed by atoms with E-state index in [9.17, 15) is 14.7 Å². The summed E-state index contributed by atoms with van der Waals surface area (Å²) >= 11 is 0. The number of nitrogens with zero attached hydrogens (tertiary/aromatic N) is 1. The quantitative estimate of drug-likeness (QED) is 0.850. The summed E-state index contributed by atoms with van der Waals surface area (Å²) in [5.74, 6) is -1.18. The number of hydrogen-bond donors (Lipinski definition) is 0. The van der Waals surface area contributed by atoms with Gasteiger partial charge in [-0.05, 0) is 24.3 Å². The van der Waals surface area contributed by atoms with Gasteiger partial charge in [0.15, 0.2) is 0 Å². The first-order valence-electron chi connectivity index (χ1n) is 7.63. The fraction of sp³-hybridized carbons (Fsp3) is 0.529. The summed E-state index contributed by atoms with van der Waals surface area (Å²) in [4.78, 5) is 25.3. The van der Waals surface area contributed by atoms with E-state index < -0.39 is 17.5 Å². The largest absolute Gasteiger partial charge is 0.549 e. The molecular weight excluding hydrogens is 282 g/mol. The first-order chi connectivity index (χ1) is 10.5. The van der Waals surface area contributed by atoms with Gasteiger partial charge in [0, 0.05) is 24.5 Å². The Bertz CT molecular complexity index is 529. The molecule has 0 aromatic heterocycles. The Morgan fingerprint density at radius 3 is 2.59 bits per heavy atom. The van der Waals surface area contributed by atoms with Crippen LogP contribution in [0.15, 0.2) is 30.3 Å². The van der Waals surface area contributed by atoms with E-state index >= 15 is 0 Å². The third kappa shape index (κ3) is 3.40. The maximum Gasteiger partial charge on any atom is 0.410 e. The molecule has 0 spiro atoms. The van der Waals surface area contributed by atoms with E-state index in [0.29, 0.717) is 19.4 Å². The number of ether oxygens (including phenoxy) is 1. The predicted octanol–water partition coefficient (Wildman–Crippen LogP) is 1.81. The number of carbonyl (C=O) groups excluding carboxylic acids is 2. The fourth-order valence-corrected chi connectivity index (χ4v) is 2.92. The minimum absolute atomic E-state index is 0.0952. The first-order valence-corrected chi connectivity index (χ1v) is 7.63. The van der Waals surface area contributed by atoms with E-state index in [1.807, 2.05) is 44.2 Å². The zero-order valence-electron chi connectivity index (χ0n) is 13.1. The number of piperidine rings is 1. The molecule has 0 N–H and O–H groups in total. The lowest BCUT2D eigenvalue weighted by Gasteiger charge is -2.45. The second-order valence-corrected chi connectivity index (χ2v) is 6.16. The van der Waals surface area contributed by atoms with Crippen molar-refractivity contribution in [2.24, 2.45) is 11.3 Å². The number of benzene rings is 1. The molecule has 1 fully saturated rings. The van der Waals surface area contributed by atoms with Crippen LogP contribution in [0.2, 0.25) is 0 Å². The van der Waals surface area contributed by atoms with Crippen molar-refractivity contribution in [3.8, 4) is 0 Å². The maximum absolute atomic E-state index is 12.2.